The molecule has 0 spiro atoms. The molecular weight excluding hydrogens is 168 g/mol. The maximum absolute atomic E-state index is 10.3. The van der Waals surface area contributed by atoms with Gasteiger partial charge in [0.15, 0.2) is 0 Å². The molecule has 0 saturated heterocycles. The molecule has 0 unspecified atom stereocenters. The lowest BCUT2D eigenvalue weighted by atomic mass is 10.2. The Labute approximate surface area is 74.9 Å². The van der Waals surface area contributed by atoms with Gasteiger partial charge in [-0.25, -0.2) is 0 Å². The Morgan fingerprint density at radius 2 is 2.08 bits per heavy atom. The molecule has 1 aromatic rings. The molecule has 0 aromatic carbocycles. The Bertz CT molecular complexity index is 402. The average molecular weight is 176 g/mol. The van der Waals surface area contributed by atoms with Crippen molar-refractivity contribution < 1.29 is 4.79 Å². The van der Waals surface area contributed by atoms with E-state index in [1.54, 1.807) is 0 Å². The first-order chi connectivity index (χ1) is 6.11. The number of carbonyl (C=O) groups excluding carboxylic acids is 1. The molecular formula is C8H8N4O. The van der Waals surface area contributed by atoms with Gasteiger partial charge < -0.3 is 17.2 Å². The summed E-state index contributed by atoms with van der Waals surface area (Å²) in [5.74, 6) is 3.88. The van der Waals surface area contributed by atoms with E-state index in [4.69, 9.17) is 17.2 Å². The summed E-state index contributed by atoms with van der Waals surface area (Å²) in [7, 11) is 0. The Balaban J connectivity index is 3.11. The highest BCUT2D eigenvalue weighted by Gasteiger charge is 1.99. The molecule has 1 aromatic heterocycles. The Kier molecular flexibility index (Phi) is 2.36. The molecule has 6 N–H and O–H groups in total. The monoisotopic (exact) mass is 176 g/mol. The highest BCUT2D eigenvalue weighted by atomic mass is 16.1. The van der Waals surface area contributed by atoms with Gasteiger partial charge in [-0.2, -0.15) is 0 Å². The Hall–Kier alpha value is -2.22. The van der Waals surface area contributed by atoms with Crippen molar-refractivity contribution in [2.45, 2.75) is 0 Å². The van der Waals surface area contributed by atoms with Crippen LogP contribution in [-0.4, -0.2) is 10.9 Å². The summed E-state index contributed by atoms with van der Waals surface area (Å²) < 4.78 is 0. The first kappa shape index (κ1) is 8.87. The second-order valence-electron chi connectivity index (χ2n) is 2.30. The standard InChI is InChI=1S/C8H8N4O/c9-6-4-12-3-5(8(6)11)1-2-7(10)13/h3-4H,9H2,(H2,10,13)(H2,11,12). The maximum Gasteiger partial charge on any atom is 0.293 e. The van der Waals surface area contributed by atoms with E-state index in [1.807, 2.05) is 0 Å². The predicted molar refractivity (Wildman–Crippen MR) is 49.1 cm³/mol. The van der Waals surface area contributed by atoms with Gasteiger partial charge in [0.1, 0.15) is 0 Å². The van der Waals surface area contributed by atoms with Gasteiger partial charge >= 0.3 is 0 Å². The van der Waals surface area contributed by atoms with E-state index in [2.05, 4.69) is 16.8 Å². The molecule has 1 rings (SSSR count). The van der Waals surface area contributed by atoms with E-state index in [1.165, 1.54) is 12.4 Å². The maximum atomic E-state index is 10.3. The number of hydrogen-bond donors (Lipinski definition) is 3. The van der Waals surface area contributed by atoms with Crippen LogP contribution in [0.25, 0.3) is 0 Å². The number of hydrogen-bond acceptors (Lipinski definition) is 4. The minimum atomic E-state index is -0.721. The lowest BCUT2D eigenvalue weighted by molar-refractivity contribution is -0.112. The molecule has 13 heavy (non-hydrogen) atoms. The smallest absolute Gasteiger partial charge is 0.293 e. The number of nitrogen functional groups attached to an aromatic ring is 2. The summed E-state index contributed by atoms with van der Waals surface area (Å²) in [6.07, 6.45) is 2.83. The summed E-state index contributed by atoms with van der Waals surface area (Å²) in [6, 6.07) is 0. The zero-order valence-corrected chi connectivity index (χ0v) is 6.74. The minimum Gasteiger partial charge on any atom is -0.396 e. The quantitative estimate of drug-likeness (QED) is 0.444. The summed E-state index contributed by atoms with van der Waals surface area (Å²) in [5, 5.41) is 0. The molecule has 0 aliphatic carbocycles. The van der Waals surface area contributed by atoms with Crippen molar-refractivity contribution >= 4 is 17.3 Å². The first-order valence-electron chi connectivity index (χ1n) is 3.41. The number of primary amides is 1. The number of anilines is 2. The van der Waals surface area contributed by atoms with Gasteiger partial charge in [0.25, 0.3) is 5.91 Å². The highest BCUT2D eigenvalue weighted by molar-refractivity contribution is 5.93. The first-order valence-corrected chi connectivity index (χ1v) is 3.41. The van der Waals surface area contributed by atoms with Crippen LogP contribution >= 0.6 is 0 Å². The summed E-state index contributed by atoms with van der Waals surface area (Å²) in [5.41, 5.74) is 16.9. The fourth-order valence-electron chi connectivity index (χ4n) is 0.715. The minimum absolute atomic E-state index is 0.309. The van der Waals surface area contributed by atoms with Crippen LogP contribution in [0.4, 0.5) is 11.4 Å². The van der Waals surface area contributed by atoms with Crippen LogP contribution in [0.15, 0.2) is 12.4 Å². The van der Waals surface area contributed by atoms with Crippen molar-refractivity contribution in [1.82, 2.24) is 4.98 Å². The van der Waals surface area contributed by atoms with Crippen LogP contribution in [0.1, 0.15) is 5.56 Å². The molecule has 0 bridgehead atoms. The SMILES string of the molecule is NC(=O)C#Cc1cncc(N)c1N. The van der Waals surface area contributed by atoms with Gasteiger partial charge in [-0.05, 0) is 0 Å². The van der Waals surface area contributed by atoms with Gasteiger partial charge in [0.2, 0.25) is 0 Å². The number of aromatic nitrogens is 1. The van der Waals surface area contributed by atoms with Crippen LogP contribution in [0.2, 0.25) is 0 Å². The summed E-state index contributed by atoms with van der Waals surface area (Å²) in [4.78, 5) is 14.1. The van der Waals surface area contributed by atoms with Crippen molar-refractivity contribution in [3.8, 4) is 11.8 Å². The second kappa shape index (κ2) is 3.45. The van der Waals surface area contributed by atoms with Crippen LogP contribution in [-0.2, 0) is 4.79 Å². The lowest BCUT2D eigenvalue weighted by Gasteiger charge is -1.99. The van der Waals surface area contributed by atoms with Crippen molar-refractivity contribution in [3.05, 3.63) is 18.0 Å². The number of amides is 1. The average Bonchev–Trinajstić information content (AvgIpc) is 2.07. The molecule has 0 saturated carbocycles. The number of carbonyl (C=O) groups is 1. The van der Waals surface area contributed by atoms with E-state index in [-0.39, 0.29) is 0 Å². The summed E-state index contributed by atoms with van der Waals surface area (Å²) in [6.45, 7) is 0. The molecule has 0 fully saturated rings. The zero-order valence-electron chi connectivity index (χ0n) is 6.74. The molecule has 66 valence electrons. The van der Waals surface area contributed by atoms with E-state index in [0.717, 1.165) is 0 Å². The Morgan fingerprint density at radius 3 is 2.69 bits per heavy atom. The number of rotatable bonds is 0. The zero-order chi connectivity index (χ0) is 9.84. The molecule has 1 amide bonds. The predicted octanol–water partition coefficient (Wildman–Crippen LogP) is -0.917. The van der Waals surface area contributed by atoms with Crippen LogP contribution < -0.4 is 17.2 Å². The second-order valence-corrected chi connectivity index (χ2v) is 2.30. The number of pyridine rings is 1. The van der Waals surface area contributed by atoms with Crippen molar-refractivity contribution in [2.24, 2.45) is 5.73 Å². The molecule has 1 heterocycles. The highest BCUT2D eigenvalue weighted by Crippen LogP contribution is 2.15. The topological polar surface area (TPSA) is 108 Å². The summed E-state index contributed by atoms with van der Waals surface area (Å²) >= 11 is 0. The molecule has 0 aliphatic heterocycles. The Morgan fingerprint density at radius 1 is 1.38 bits per heavy atom. The van der Waals surface area contributed by atoms with Gasteiger partial charge in [-0.15, -0.1) is 0 Å². The van der Waals surface area contributed by atoms with E-state index in [0.29, 0.717) is 16.9 Å². The third kappa shape index (κ3) is 2.10. The van der Waals surface area contributed by atoms with Crippen LogP contribution in [0, 0.1) is 11.8 Å². The van der Waals surface area contributed by atoms with E-state index >= 15 is 0 Å². The third-order valence-electron chi connectivity index (χ3n) is 1.34. The molecule has 0 aliphatic rings. The third-order valence-corrected chi connectivity index (χ3v) is 1.34. The van der Waals surface area contributed by atoms with Crippen molar-refractivity contribution in [1.29, 1.82) is 0 Å². The number of nitrogens with two attached hydrogens (primary N) is 3. The van der Waals surface area contributed by atoms with E-state index in [9.17, 15) is 4.79 Å². The fraction of sp³-hybridized carbons (Fsp3) is 0. The lowest BCUT2D eigenvalue weighted by Crippen LogP contribution is -2.06. The fourth-order valence-corrected chi connectivity index (χ4v) is 0.715. The largest absolute Gasteiger partial charge is 0.396 e. The van der Waals surface area contributed by atoms with Gasteiger partial charge in [0.05, 0.1) is 23.1 Å². The van der Waals surface area contributed by atoms with E-state index < -0.39 is 5.91 Å². The normalized spacial score (nSPS) is 8.62. The molecule has 0 radical (unpaired) electrons. The molecule has 0 atom stereocenters. The molecule has 5 heteroatoms. The van der Waals surface area contributed by atoms with Gasteiger partial charge in [-0.1, -0.05) is 5.92 Å². The van der Waals surface area contributed by atoms with Crippen molar-refractivity contribution in [3.63, 3.8) is 0 Å². The van der Waals surface area contributed by atoms with Crippen molar-refractivity contribution in [2.75, 3.05) is 11.5 Å². The molecule has 5 nitrogen and oxygen atoms in total. The van der Waals surface area contributed by atoms with Crippen LogP contribution in [0.3, 0.4) is 0 Å². The van der Waals surface area contributed by atoms with Gasteiger partial charge in [0, 0.05) is 12.1 Å². The van der Waals surface area contributed by atoms with Crippen LogP contribution in [0.5, 0.6) is 0 Å². The van der Waals surface area contributed by atoms with Gasteiger partial charge in [-0.3, -0.25) is 9.78 Å². The number of nitrogens with zero attached hydrogens (tertiary/aromatic N) is 1.